The summed E-state index contributed by atoms with van der Waals surface area (Å²) >= 11 is 3.04. The van der Waals surface area contributed by atoms with Crippen molar-refractivity contribution in [3.63, 3.8) is 0 Å². The first-order valence-electron chi connectivity index (χ1n) is 35.3. The van der Waals surface area contributed by atoms with Crippen LogP contribution in [-0.2, 0) is 0 Å². The summed E-state index contributed by atoms with van der Waals surface area (Å²) < 4.78 is 6.89. The molecule has 0 radical (unpaired) electrons. The summed E-state index contributed by atoms with van der Waals surface area (Å²) in [7, 11) is 1.93. The van der Waals surface area contributed by atoms with Crippen LogP contribution >= 0.6 is 23.1 Å². The minimum Gasteiger partial charge on any atom is -0.424 e. The lowest BCUT2D eigenvalue weighted by atomic mass is 10.3. The highest BCUT2D eigenvalue weighted by Gasteiger charge is 2.17. The van der Waals surface area contributed by atoms with E-state index in [0.29, 0.717) is 70.4 Å². The highest BCUT2D eigenvalue weighted by atomic mass is 32.2. The van der Waals surface area contributed by atoms with Gasteiger partial charge in [0.15, 0.2) is 10.3 Å². The molecule has 0 bridgehead atoms. The number of anilines is 20. The smallest absolute Gasteiger partial charge is 0.328 e. The third kappa shape index (κ3) is 22.6. The normalized spacial score (nSPS) is 10.4. The molecule has 548 valence electrons. The Hall–Kier alpha value is -15.3. The van der Waals surface area contributed by atoms with E-state index in [2.05, 4.69) is 113 Å². The molecule has 112 heavy (non-hydrogen) atoms. The minimum atomic E-state index is 0.202. The number of aromatic nitrogens is 13. The molecule has 0 amide bonds. The Morgan fingerprint density at radius 3 is 0.866 bits per heavy atom. The lowest BCUT2D eigenvalue weighted by Gasteiger charge is -2.19. The van der Waals surface area contributed by atoms with Crippen molar-refractivity contribution in [2.45, 2.75) is 10.1 Å². The fourth-order valence-electron chi connectivity index (χ4n) is 10.4. The number of nitrogens with one attached hydrogen (secondary N) is 9. The van der Waals surface area contributed by atoms with Gasteiger partial charge in [-0.1, -0.05) is 224 Å². The number of fused-ring (bicyclic) bond motifs is 1. The van der Waals surface area contributed by atoms with Gasteiger partial charge in [-0.2, -0.15) is 59.8 Å². The van der Waals surface area contributed by atoms with E-state index in [9.17, 15) is 0 Å². The molecule has 5 aromatic heterocycles. The Kier molecular flexibility index (Phi) is 25.2. The fourth-order valence-corrected chi connectivity index (χ4v) is 12.0. The molecule has 0 unspecified atom stereocenters. The van der Waals surface area contributed by atoms with Crippen LogP contribution in [0.1, 0.15) is 0 Å². The molecule has 9 N–H and O–H groups in total. The van der Waals surface area contributed by atoms with Crippen LogP contribution in [0, 0.1) is 0 Å². The molecule has 0 aliphatic heterocycles. The largest absolute Gasteiger partial charge is 0.424 e. The second kappa shape index (κ2) is 38.3. The molecule has 12 aromatic carbocycles. The van der Waals surface area contributed by atoms with Gasteiger partial charge in [0.25, 0.3) is 0 Å². The van der Waals surface area contributed by atoms with Crippen LogP contribution in [0.3, 0.4) is 0 Å². The van der Waals surface area contributed by atoms with Gasteiger partial charge in [-0.15, -0.1) is 0 Å². The van der Waals surface area contributed by atoms with Crippen molar-refractivity contribution >= 4 is 149 Å². The van der Waals surface area contributed by atoms with E-state index in [1.807, 2.05) is 370 Å². The van der Waals surface area contributed by atoms with Crippen LogP contribution in [0.25, 0.3) is 10.2 Å². The Morgan fingerprint density at radius 1 is 0.259 bits per heavy atom. The Labute approximate surface area is 654 Å². The third-order valence-corrected chi connectivity index (χ3v) is 17.4. The summed E-state index contributed by atoms with van der Waals surface area (Å²) in [6, 6.07) is 116. The van der Waals surface area contributed by atoms with Crippen molar-refractivity contribution in [1.82, 2.24) is 64.8 Å². The summed E-state index contributed by atoms with van der Waals surface area (Å²) in [6.45, 7) is 0. The molecule has 0 fully saturated rings. The molecule has 0 aliphatic carbocycles. The summed E-state index contributed by atoms with van der Waals surface area (Å²) in [6.07, 6.45) is 0. The second-order valence-electron chi connectivity index (χ2n) is 23.9. The van der Waals surface area contributed by atoms with Crippen molar-refractivity contribution in [3.05, 3.63) is 358 Å². The van der Waals surface area contributed by atoms with Crippen molar-refractivity contribution in [1.29, 1.82) is 0 Å². The minimum absolute atomic E-state index is 0.202. The van der Waals surface area contributed by atoms with Gasteiger partial charge in [0.05, 0.1) is 10.2 Å². The van der Waals surface area contributed by atoms with Gasteiger partial charge in [0.2, 0.25) is 59.5 Å². The van der Waals surface area contributed by atoms with Crippen molar-refractivity contribution < 1.29 is 4.74 Å². The predicted octanol–water partition coefficient (Wildman–Crippen LogP) is 21.5. The SMILES string of the molecule is CN(c1ccccc1)c1nc(Nc2ccccc2)nc(Nc2ccccc2)n1.c1ccc(Nc2nc(Nc3ccccc3)nc(Nc3nc4ccccc4s3)n2)cc1.c1ccc(Nc2nc(Nc3ccccc3)nc(Oc3ccccc3)n2)cc1.c1ccc(Nc2nc(Nc3ccccc3)nc(Sc3ccccc3)n2)cc1. The number of benzene rings is 12. The average molecular weight is 1510 g/mol. The zero-order valence-corrected chi connectivity index (χ0v) is 61.7. The van der Waals surface area contributed by atoms with Gasteiger partial charge in [-0.05, 0) is 157 Å². The molecule has 5 heterocycles. The van der Waals surface area contributed by atoms with E-state index in [-0.39, 0.29) is 6.01 Å². The van der Waals surface area contributed by atoms with Crippen molar-refractivity contribution in [2.75, 3.05) is 59.8 Å². The summed E-state index contributed by atoms with van der Waals surface area (Å²) in [5.41, 5.74) is 9.12. The highest BCUT2D eigenvalue weighted by molar-refractivity contribution is 7.99. The molecule has 24 nitrogen and oxygen atoms in total. The molecule has 0 aliphatic rings. The molecular weight excluding hydrogens is 1440 g/mol. The van der Waals surface area contributed by atoms with Gasteiger partial charge in [-0.3, -0.25) is 5.32 Å². The summed E-state index contributed by atoms with van der Waals surface area (Å²) in [4.78, 5) is 61.7. The number of ether oxygens (including phenoxy) is 1. The Morgan fingerprint density at radius 2 is 0.527 bits per heavy atom. The maximum absolute atomic E-state index is 5.79. The molecule has 0 saturated carbocycles. The van der Waals surface area contributed by atoms with Crippen LogP contribution in [-0.4, -0.2) is 71.8 Å². The Balaban J connectivity index is 0.000000124. The second-order valence-corrected chi connectivity index (χ2v) is 26.0. The quantitative estimate of drug-likeness (QED) is 0.0272. The number of rotatable bonds is 24. The van der Waals surface area contributed by atoms with Crippen LogP contribution in [0.2, 0.25) is 0 Å². The number of hydrogen-bond donors (Lipinski definition) is 9. The summed E-state index contributed by atoms with van der Waals surface area (Å²) in [5, 5.41) is 30.3. The zero-order valence-electron chi connectivity index (χ0n) is 60.0. The van der Waals surface area contributed by atoms with E-state index >= 15 is 0 Å². The average Bonchev–Trinajstić information content (AvgIpc) is 0.955. The van der Waals surface area contributed by atoms with E-state index in [0.717, 1.165) is 71.4 Å². The molecule has 0 saturated heterocycles. The summed E-state index contributed by atoms with van der Waals surface area (Å²) in [5.74, 6) is 5.16. The lowest BCUT2D eigenvalue weighted by molar-refractivity contribution is 0.441. The number of para-hydroxylation sites is 11. The zero-order chi connectivity index (χ0) is 76.0. The first kappa shape index (κ1) is 73.6. The first-order chi connectivity index (χ1) is 55.3. The molecule has 0 spiro atoms. The van der Waals surface area contributed by atoms with Crippen molar-refractivity contribution in [2.24, 2.45) is 0 Å². The van der Waals surface area contributed by atoms with E-state index in [4.69, 9.17) is 4.74 Å². The van der Waals surface area contributed by atoms with Gasteiger partial charge in [0, 0.05) is 63.1 Å². The van der Waals surface area contributed by atoms with Crippen LogP contribution in [0.4, 0.5) is 116 Å². The molecule has 0 atom stereocenters. The fraction of sp³-hybridized carbons (Fsp3) is 0.0116. The molecular formula is C86H71N23OS2. The molecule has 17 aromatic rings. The number of hydrogen-bond acceptors (Lipinski definition) is 26. The maximum Gasteiger partial charge on any atom is 0.328 e. The van der Waals surface area contributed by atoms with Gasteiger partial charge in [0.1, 0.15) is 5.75 Å². The maximum atomic E-state index is 5.79. The van der Waals surface area contributed by atoms with Crippen molar-refractivity contribution in [3.8, 4) is 11.8 Å². The van der Waals surface area contributed by atoms with Crippen LogP contribution in [0.15, 0.2) is 368 Å². The van der Waals surface area contributed by atoms with Gasteiger partial charge < -0.3 is 52.2 Å². The topological polar surface area (TPSA) is 288 Å². The van der Waals surface area contributed by atoms with Crippen LogP contribution in [0.5, 0.6) is 11.8 Å². The lowest BCUT2D eigenvalue weighted by Crippen LogP contribution is -2.15. The Bertz CT molecular complexity index is 5100. The monoisotopic (exact) mass is 1510 g/mol. The highest BCUT2D eigenvalue weighted by Crippen LogP contribution is 2.32. The molecule has 26 heteroatoms. The molecule has 17 rings (SSSR count). The predicted molar refractivity (Wildman–Crippen MR) is 452 cm³/mol. The van der Waals surface area contributed by atoms with Gasteiger partial charge >= 0.3 is 6.01 Å². The first-order valence-corrected chi connectivity index (χ1v) is 36.9. The third-order valence-electron chi connectivity index (χ3n) is 15.6. The van der Waals surface area contributed by atoms with E-state index < -0.39 is 0 Å². The van der Waals surface area contributed by atoms with E-state index in [1.54, 1.807) is 11.3 Å². The van der Waals surface area contributed by atoms with E-state index in [1.165, 1.54) is 11.8 Å². The number of thiazole rings is 1. The number of nitrogens with zero attached hydrogens (tertiary/aromatic N) is 14. The standard InChI is InChI=1S/C22H17N7S.C22H20N6.C21H17N5O.C21H17N5S/c1-3-9-15(10-4-1)23-19-26-20(24-16-11-5-2-6-12-16)28-21(27-19)29-22-25-17-13-7-8-14-18(17)30-22;1-28(19-15-9-4-10-16-19)22-26-20(23-17-11-5-2-6-12-17)25-21(27-22)24-18-13-7-3-8-14-18;2*1-4-10-16(11-5-1)22-19-24-20(23-17-12-6-2-7-13-17)26-21(25-19)27-18-14-8-3-9-15-18/h1-14H,(H3,23,24,25,26,27,28,29);2-16H,1H3,(H2,23,24,25,26,27);2*1-15H,(H2,22,23,24,25,26). The van der Waals surface area contributed by atoms with Gasteiger partial charge in [-0.25, -0.2) is 4.98 Å². The van der Waals surface area contributed by atoms with Crippen LogP contribution < -0.4 is 57.5 Å².